The average molecular weight is 359 g/mol. The SMILES string of the molecule is COc1ccc(CN2CCOc3ncc([N+](=O)[O-])cc3C2=O)c(OC)c1. The summed E-state index contributed by atoms with van der Waals surface area (Å²) in [7, 11) is 3.09. The zero-order chi connectivity index (χ0) is 18.7. The van der Waals surface area contributed by atoms with Gasteiger partial charge in [-0.25, -0.2) is 4.98 Å². The highest BCUT2D eigenvalue weighted by Gasteiger charge is 2.27. The highest BCUT2D eigenvalue weighted by atomic mass is 16.6. The molecule has 1 aliphatic heterocycles. The number of aromatic nitrogens is 1. The van der Waals surface area contributed by atoms with Gasteiger partial charge in [-0.3, -0.25) is 14.9 Å². The first-order chi connectivity index (χ1) is 12.5. The number of fused-ring (bicyclic) bond motifs is 1. The lowest BCUT2D eigenvalue weighted by Gasteiger charge is -2.21. The molecule has 0 unspecified atom stereocenters. The van der Waals surface area contributed by atoms with E-state index in [1.807, 2.05) is 6.07 Å². The molecule has 0 atom stereocenters. The van der Waals surface area contributed by atoms with Crippen molar-refractivity contribution in [1.29, 1.82) is 0 Å². The Morgan fingerprint density at radius 2 is 2.12 bits per heavy atom. The van der Waals surface area contributed by atoms with E-state index >= 15 is 0 Å². The van der Waals surface area contributed by atoms with E-state index in [0.29, 0.717) is 18.0 Å². The second-order valence-electron chi connectivity index (χ2n) is 5.56. The molecule has 0 fully saturated rings. The molecule has 0 N–H and O–H groups in total. The van der Waals surface area contributed by atoms with Crippen LogP contribution in [0.25, 0.3) is 0 Å². The topological polar surface area (TPSA) is 104 Å². The number of hydrogen-bond donors (Lipinski definition) is 0. The largest absolute Gasteiger partial charge is 0.497 e. The Labute approximate surface area is 149 Å². The molecule has 136 valence electrons. The summed E-state index contributed by atoms with van der Waals surface area (Å²) in [5, 5.41) is 11.0. The van der Waals surface area contributed by atoms with Gasteiger partial charge in [-0.1, -0.05) is 0 Å². The number of carbonyl (C=O) groups excluding carboxylic acids is 1. The molecule has 0 saturated carbocycles. The van der Waals surface area contributed by atoms with Crippen LogP contribution >= 0.6 is 0 Å². The molecule has 0 saturated heterocycles. The minimum Gasteiger partial charge on any atom is -0.497 e. The summed E-state index contributed by atoms with van der Waals surface area (Å²) >= 11 is 0. The Morgan fingerprint density at radius 3 is 2.81 bits per heavy atom. The summed E-state index contributed by atoms with van der Waals surface area (Å²) in [5.41, 5.74) is 0.595. The lowest BCUT2D eigenvalue weighted by molar-refractivity contribution is -0.385. The maximum atomic E-state index is 12.9. The Balaban J connectivity index is 1.91. The van der Waals surface area contributed by atoms with Crippen molar-refractivity contribution < 1.29 is 23.9 Å². The zero-order valence-corrected chi connectivity index (χ0v) is 14.3. The van der Waals surface area contributed by atoms with Crippen molar-refractivity contribution in [2.75, 3.05) is 27.4 Å². The normalized spacial score (nSPS) is 13.5. The summed E-state index contributed by atoms with van der Waals surface area (Å²) in [6.07, 6.45) is 1.08. The molecule has 2 aromatic rings. The van der Waals surface area contributed by atoms with Gasteiger partial charge in [0.2, 0.25) is 5.88 Å². The molecule has 2 heterocycles. The van der Waals surface area contributed by atoms with E-state index in [1.54, 1.807) is 24.1 Å². The summed E-state index contributed by atoms with van der Waals surface area (Å²) < 4.78 is 16.0. The van der Waals surface area contributed by atoms with Gasteiger partial charge in [0.1, 0.15) is 29.9 Å². The minimum atomic E-state index is -0.595. The van der Waals surface area contributed by atoms with Crippen LogP contribution in [-0.4, -0.2) is 48.1 Å². The van der Waals surface area contributed by atoms with E-state index in [0.717, 1.165) is 11.8 Å². The van der Waals surface area contributed by atoms with Gasteiger partial charge in [-0.05, 0) is 12.1 Å². The number of carbonyl (C=O) groups is 1. The first-order valence-electron chi connectivity index (χ1n) is 7.81. The first-order valence-corrected chi connectivity index (χ1v) is 7.81. The van der Waals surface area contributed by atoms with Crippen LogP contribution < -0.4 is 14.2 Å². The van der Waals surface area contributed by atoms with Crippen LogP contribution in [0.2, 0.25) is 0 Å². The van der Waals surface area contributed by atoms with E-state index < -0.39 is 4.92 Å². The fourth-order valence-electron chi connectivity index (χ4n) is 2.67. The number of benzene rings is 1. The number of methoxy groups -OCH3 is 2. The molecule has 1 aromatic carbocycles. The van der Waals surface area contributed by atoms with E-state index in [2.05, 4.69) is 4.98 Å². The van der Waals surface area contributed by atoms with E-state index in [9.17, 15) is 14.9 Å². The van der Waals surface area contributed by atoms with Crippen LogP contribution in [0, 0.1) is 10.1 Å². The molecule has 0 aliphatic carbocycles. The Morgan fingerprint density at radius 1 is 1.31 bits per heavy atom. The fourth-order valence-corrected chi connectivity index (χ4v) is 2.67. The summed E-state index contributed by atoms with van der Waals surface area (Å²) in [4.78, 5) is 28.7. The molecular weight excluding hydrogens is 342 g/mol. The monoisotopic (exact) mass is 359 g/mol. The van der Waals surface area contributed by atoms with Crippen molar-refractivity contribution in [3.8, 4) is 17.4 Å². The molecule has 1 amide bonds. The first kappa shape index (κ1) is 17.5. The average Bonchev–Trinajstić information content (AvgIpc) is 2.81. The van der Waals surface area contributed by atoms with Crippen molar-refractivity contribution in [3.63, 3.8) is 0 Å². The van der Waals surface area contributed by atoms with Gasteiger partial charge in [0.25, 0.3) is 11.6 Å². The van der Waals surface area contributed by atoms with Crippen molar-refractivity contribution >= 4 is 11.6 Å². The van der Waals surface area contributed by atoms with Crippen LogP contribution in [0.5, 0.6) is 17.4 Å². The Kier molecular flexibility index (Phi) is 4.87. The number of ether oxygens (including phenoxy) is 3. The minimum absolute atomic E-state index is 0.0733. The number of nitrogens with zero attached hydrogens (tertiary/aromatic N) is 3. The van der Waals surface area contributed by atoms with E-state index in [1.165, 1.54) is 13.2 Å². The highest BCUT2D eigenvalue weighted by molar-refractivity contribution is 5.97. The second-order valence-corrected chi connectivity index (χ2v) is 5.56. The smallest absolute Gasteiger partial charge is 0.288 e. The Hall–Kier alpha value is -3.36. The molecular formula is C17H17N3O6. The van der Waals surface area contributed by atoms with Gasteiger partial charge in [0.05, 0.1) is 25.7 Å². The van der Waals surface area contributed by atoms with Crippen LogP contribution in [0.4, 0.5) is 5.69 Å². The lowest BCUT2D eigenvalue weighted by atomic mass is 10.1. The molecule has 9 nitrogen and oxygen atoms in total. The Bertz CT molecular complexity index is 854. The summed E-state index contributed by atoms with van der Waals surface area (Å²) in [5.74, 6) is 0.942. The predicted octanol–water partition coefficient (Wildman–Crippen LogP) is 2.04. The molecule has 3 rings (SSSR count). The number of nitro groups is 1. The highest BCUT2D eigenvalue weighted by Crippen LogP contribution is 2.29. The van der Waals surface area contributed by atoms with Gasteiger partial charge < -0.3 is 19.1 Å². The van der Waals surface area contributed by atoms with E-state index in [4.69, 9.17) is 14.2 Å². The van der Waals surface area contributed by atoms with Crippen LogP contribution in [-0.2, 0) is 6.54 Å². The molecule has 26 heavy (non-hydrogen) atoms. The predicted molar refractivity (Wildman–Crippen MR) is 90.7 cm³/mol. The summed E-state index contributed by atoms with van der Waals surface area (Å²) in [6, 6.07) is 6.50. The summed E-state index contributed by atoms with van der Waals surface area (Å²) in [6.45, 7) is 0.817. The van der Waals surface area contributed by atoms with Crippen LogP contribution in [0.3, 0.4) is 0 Å². The maximum Gasteiger partial charge on any atom is 0.288 e. The van der Waals surface area contributed by atoms with Gasteiger partial charge >= 0.3 is 0 Å². The van der Waals surface area contributed by atoms with Gasteiger partial charge in [0, 0.05) is 24.2 Å². The molecule has 0 radical (unpaired) electrons. The van der Waals surface area contributed by atoms with Crippen molar-refractivity contribution in [2.24, 2.45) is 0 Å². The zero-order valence-electron chi connectivity index (χ0n) is 14.3. The van der Waals surface area contributed by atoms with Crippen LogP contribution in [0.15, 0.2) is 30.5 Å². The third-order valence-corrected chi connectivity index (χ3v) is 4.02. The van der Waals surface area contributed by atoms with Crippen LogP contribution in [0.1, 0.15) is 15.9 Å². The molecule has 0 spiro atoms. The maximum absolute atomic E-state index is 12.9. The van der Waals surface area contributed by atoms with Gasteiger partial charge in [-0.2, -0.15) is 0 Å². The second kappa shape index (κ2) is 7.26. The third-order valence-electron chi connectivity index (χ3n) is 4.02. The number of pyridine rings is 1. The number of hydrogen-bond acceptors (Lipinski definition) is 7. The van der Waals surface area contributed by atoms with Crippen molar-refractivity contribution in [3.05, 3.63) is 51.7 Å². The van der Waals surface area contributed by atoms with Crippen molar-refractivity contribution in [1.82, 2.24) is 9.88 Å². The van der Waals surface area contributed by atoms with E-state index in [-0.39, 0.29) is 36.2 Å². The third kappa shape index (κ3) is 3.37. The molecule has 1 aromatic heterocycles. The standard InChI is InChI=1S/C17H17N3O6/c1-24-13-4-3-11(15(8-13)25-2)10-19-5-6-26-16-14(17(19)21)7-12(9-18-16)20(22)23/h3-4,7-9H,5-6,10H2,1-2H3. The van der Waals surface area contributed by atoms with Gasteiger partial charge in [0.15, 0.2) is 0 Å². The number of rotatable bonds is 5. The molecule has 0 bridgehead atoms. The van der Waals surface area contributed by atoms with Gasteiger partial charge in [-0.15, -0.1) is 0 Å². The number of amides is 1. The fraction of sp³-hybridized carbons (Fsp3) is 0.294. The molecule has 9 heteroatoms. The lowest BCUT2D eigenvalue weighted by Crippen LogP contribution is -2.32. The molecule has 1 aliphatic rings. The van der Waals surface area contributed by atoms with Crippen molar-refractivity contribution in [2.45, 2.75) is 6.54 Å². The quantitative estimate of drug-likeness (QED) is 0.594.